The average Bonchev–Trinajstić information content (AvgIpc) is 2.83. The van der Waals surface area contributed by atoms with Gasteiger partial charge in [-0.05, 0) is 41.3 Å². The van der Waals surface area contributed by atoms with E-state index in [4.69, 9.17) is 9.73 Å². The van der Waals surface area contributed by atoms with E-state index in [1.54, 1.807) is 18.2 Å². The number of methoxy groups -OCH3 is 1. The summed E-state index contributed by atoms with van der Waals surface area (Å²) in [5, 5.41) is 14.0. The minimum Gasteiger partial charge on any atom is -0.508 e. The molecule has 5 heteroatoms. The number of nitrogens with zero attached hydrogens (tertiary/aromatic N) is 1. The van der Waals surface area contributed by atoms with Crippen LogP contribution in [0.2, 0.25) is 0 Å². The summed E-state index contributed by atoms with van der Waals surface area (Å²) in [6.45, 7) is 2.14. The van der Waals surface area contributed by atoms with Crippen LogP contribution in [0.4, 0.5) is 0 Å². The topological polar surface area (TPSA) is 70.9 Å². The lowest BCUT2D eigenvalue weighted by Crippen LogP contribution is -2.33. The van der Waals surface area contributed by atoms with Crippen molar-refractivity contribution in [1.29, 1.82) is 0 Å². The zero-order valence-corrected chi connectivity index (χ0v) is 17.7. The van der Waals surface area contributed by atoms with Crippen molar-refractivity contribution < 1.29 is 14.6 Å². The van der Waals surface area contributed by atoms with Crippen LogP contribution in [0, 0.1) is 0 Å². The van der Waals surface area contributed by atoms with Crippen LogP contribution in [-0.2, 0) is 11.2 Å². The molecule has 0 saturated heterocycles. The molecule has 1 aliphatic heterocycles. The molecular weight excluding hydrogens is 388 g/mol. The quantitative estimate of drug-likeness (QED) is 0.579. The van der Waals surface area contributed by atoms with Crippen LogP contribution >= 0.6 is 0 Å². The summed E-state index contributed by atoms with van der Waals surface area (Å²) >= 11 is 0. The van der Waals surface area contributed by atoms with Gasteiger partial charge in [-0.1, -0.05) is 61.5 Å². The lowest BCUT2D eigenvalue weighted by Gasteiger charge is -2.31. The maximum atomic E-state index is 11.8. The smallest absolute Gasteiger partial charge is 0.337 e. The number of ether oxygens (including phenoxy) is 1. The molecule has 4 rings (SSSR count). The van der Waals surface area contributed by atoms with Crippen molar-refractivity contribution in [3.05, 3.63) is 101 Å². The van der Waals surface area contributed by atoms with Gasteiger partial charge in [-0.25, -0.2) is 4.79 Å². The van der Waals surface area contributed by atoms with E-state index >= 15 is 0 Å². The van der Waals surface area contributed by atoms with Crippen molar-refractivity contribution in [1.82, 2.24) is 5.32 Å². The number of hydrogen-bond acceptors (Lipinski definition) is 5. The molecule has 3 aromatic rings. The fraction of sp³-hybridized carbons (Fsp3) is 0.231. The number of aliphatic imine (C=N–C) groups is 1. The van der Waals surface area contributed by atoms with Gasteiger partial charge in [-0.15, -0.1) is 0 Å². The van der Waals surface area contributed by atoms with Gasteiger partial charge in [0, 0.05) is 23.7 Å². The molecule has 0 unspecified atom stereocenters. The van der Waals surface area contributed by atoms with Crippen molar-refractivity contribution >= 4 is 11.7 Å². The number of rotatable bonds is 5. The largest absolute Gasteiger partial charge is 0.508 e. The third kappa shape index (κ3) is 4.52. The molecule has 0 saturated carbocycles. The van der Waals surface area contributed by atoms with E-state index in [2.05, 4.69) is 36.5 Å². The Bertz CT molecular complexity index is 1090. The normalized spacial score (nSPS) is 18.3. The van der Waals surface area contributed by atoms with Crippen LogP contribution in [0.25, 0.3) is 0 Å². The highest BCUT2D eigenvalue weighted by molar-refractivity contribution is 6.01. The number of hydrogen-bond donors (Lipinski definition) is 2. The highest BCUT2D eigenvalue weighted by Crippen LogP contribution is 2.34. The molecule has 2 N–H and O–H groups in total. The van der Waals surface area contributed by atoms with Crippen molar-refractivity contribution in [3.8, 4) is 5.75 Å². The first kappa shape index (κ1) is 20.8. The second kappa shape index (κ2) is 9.14. The standard InChI is InChI=1S/C26H26N2O3/c1-3-17-8-10-18(11-9-17)22-16-23(21-6-4-5-7-24(21)29)28-25(27-22)19-12-14-20(15-13-19)26(30)31-2/h4-15,23,25,28-29H,3,16H2,1-2H3/t23-,25+/m0/s1. The lowest BCUT2D eigenvalue weighted by atomic mass is 9.93. The van der Waals surface area contributed by atoms with E-state index in [1.165, 1.54) is 12.7 Å². The molecule has 31 heavy (non-hydrogen) atoms. The first-order valence-electron chi connectivity index (χ1n) is 10.5. The van der Waals surface area contributed by atoms with Crippen molar-refractivity contribution in [2.75, 3.05) is 7.11 Å². The summed E-state index contributed by atoms with van der Waals surface area (Å²) in [6, 6.07) is 23.1. The van der Waals surface area contributed by atoms with Crippen LogP contribution in [0.1, 0.15) is 58.2 Å². The maximum Gasteiger partial charge on any atom is 0.337 e. The fourth-order valence-corrected chi connectivity index (χ4v) is 3.89. The Labute approximate surface area is 182 Å². The van der Waals surface area contributed by atoms with Crippen LogP contribution in [0.3, 0.4) is 0 Å². The zero-order chi connectivity index (χ0) is 21.8. The van der Waals surface area contributed by atoms with Crippen LogP contribution < -0.4 is 5.32 Å². The number of para-hydroxylation sites is 1. The summed E-state index contributed by atoms with van der Waals surface area (Å²) in [5.74, 6) is -0.0992. The van der Waals surface area contributed by atoms with Gasteiger partial charge in [0.05, 0.1) is 12.7 Å². The Hall–Kier alpha value is -3.44. The van der Waals surface area contributed by atoms with Gasteiger partial charge in [-0.3, -0.25) is 10.3 Å². The predicted octanol–water partition coefficient (Wildman–Crippen LogP) is 4.96. The third-order valence-corrected chi connectivity index (χ3v) is 5.70. The van der Waals surface area contributed by atoms with Gasteiger partial charge in [0.25, 0.3) is 0 Å². The predicted molar refractivity (Wildman–Crippen MR) is 121 cm³/mol. The maximum absolute atomic E-state index is 11.8. The molecule has 0 amide bonds. The number of aryl methyl sites for hydroxylation is 1. The Balaban J connectivity index is 1.71. The second-order valence-electron chi connectivity index (χ2n) is 7.62. The minimum absolute atomic E-state index is 0.0927. The number of aromatic hydroxyl groups is 1. The Morgan fingerprint density at radius 1 is 1.06 bits per heavy atom. The fourth-order valence-electron chi connectivity index (χ4n) is 3.89. The van der Waals surface area contributed by atoms with Gasteiger partial charge in [0.15, 0.2) is 0 Å². The molecule has 0 aliphatic carbocycles. The summed E-state index contributed by atoms with van der Waals surface area (Å²) < 4.78 is 4.79. The molecule has 0 bridgehead atoms. The van der Waals surface area contributed by atoms with Crippen molar-refractivity contribution in [2.45, 2.75) is 32.0 Å². The summed E-state index contributed by atoms with van der Waals surface area (Å²) in [5.41, 5.74) is 5.63. The first-order valence-corrected chi connectivity index (χ1v) is 10.5. The number of benzene rings is 3. The molecule has 158 valence electrons. The number of carbonyl (C=O) groups is 1. The average molecular weight is 415 g/mol. The van der Waals surface area contributed by atoms with E-state index in [-0.39, 0.29) is 23.9 Å². The number of nitrogens with one attached hydrogen (secondary N) is 1. The van der Waals surface area contributed by atoms with Crippen molar-refractivity contribution in [2.24, 2.45) is 4.99 Å². The van der Waals surface area contributed by atoms with E-state index in [0.717, 1.165) is 28.8 Å². The lowest BCUT2D eigenvalue weighted by molar-refractivity contribution is 0.0600. The molecule has 2 atom stereocenters. The Kier molecular flexibility index (Phi) is 6.14. The van der Waals surface area contributed by atoms with E-state index in [9.17, 15) is 9.90 Å². The zero-order valence-electron chi connectivity index (χ0n) is 17.7. The molecule has 3 aromatic carbocycles. The van der Waals surface area contributed by atoms with E-state index in [1.807, 2.05) is 30.3 Å². The summed E-state index contributed by atoms with van der Waals surface area (Å²) in [4.78, 5) is 16.8. The summed E-state index contributed by atoms with van der Waals surface area (Å²) in [6.07, 6.45) is 1.36. The molecular formula is C26H26N2O3. The number of phenolic OH excluding ortho intramolecular Hbond substituents is 1. The van der Waals surface area contributed by atoms with Gasteiger partial charge in [0.2, 0.25) is 0 Å². The monoisotopic (exact) mass is 414 g/mol. The summed E-state index contributed by atoms with van der Waals surface area (Å²) in [7, 11) is 1.37. The van der Waals surface area contributed by atoms with E-state index < -0.39 is 0 Å². The van der Waals surface area contributed by atoms with E-state index in [0.29, 0.717) is 12.0 Å². The molecule has 0 radical (unpaired) electrons. The number of carbonyl (C=O) groups excluding carboxylic acids is 1. The Morgan fingerprint density at radius 3 is 2.42 bits per heavy atom. The number of phenols is 1. The van der Waals surface area contributed by atoms with Gasteiger partial charge < -0.3 is 9.84 Å². The highest BCUT2D eigenvalue weighted by Gasteiger charge is 2.27. The van der Waals surface area contributed by atoms with Gasteiger partial charge in [-0.2, -0.15) is 0 Å². The van der Waals surface area contributed by atoms with Crippen LogP contribution in [0.15, 0.2) is 77.8 Å². The van der Waals surface area contributed by atoms with Crippen molar-refractivity contribution in [3.63, 3.8) is 0 Å². The molecule has 5 nitrogen and oxygen atoms in total. The molecule has 1 aliphatic rings. The van der Waals surface area contributed by atoms with Gasteiger partial charge in [0.1, 0.15) is 11.9 Å². The first-order chi connectivity index (χ1) is 15.1. The third-order valence-electron chi connectivity index (χ3n) is 5.70. The molecule has 1 heterocycles. The minimum atomic E-state index is -0.365. The van der Waals surface area contributed by atoms with Crippen LogP contribution in [0.5, 0.6) is 5.75 Å². The molecule has 0 fully saturated rings. The number of esters is 1. The molecule has 0 aromatic heterocycles. The van der Waals surface area contributed by atoms with Gasteiger partial charge >= 0.3 is 5.97 Å². The van der Waals surface area contributed by atoms with Crippen LogP contribution in [-0.4, -0.2) is 23.9 Å². The Morgan fingerprint density at radius 2 is 1.77 bits per heavy atom. The SMILES string of the molecule is CCc1ccc(C2=N[C@@H](c3ccc(C(=O)OC)cc3)N[C@H](c3ccccc3O)C2)cc1. The molecule has 0 spiro atoms. The highest BCUT2D eigenvalue weighted by atomic mass is 16.5. The second-order valence-corrected chi connectivity index (χ2v) is 7.62.